The molecule has 0 bridgehead atoms. The summed E-state index contributed by atoms with van der Waals surface area (Å²) in [7, 11) is 0. The normalized spacial score (nSPS) is 25.0. The fraction of sp³-hybridized carbons (Fsp3) is 0.857. The predicted molar refractivity (Wildman–Crippen MR) is 43.3 cm³/mol. The molecule has 0 saturated carbocycles. The van der Waals surface area contributed by atoms with Crippen LogP contribution in [-0.4, -0.2) is 28.9 Å². The smallest absolute Gasteiger partial charge is 0.216 e. The number of hydrogen-bond acceptors (Lipinski definition) is 4. The van der Waals surface area contributed by atoms with E-state index in [9.17, 15) is 4.79 Å². The first-order chi connectivity index (χ1) is 5.33. The van der Waals surface area contributed by atoms with Crippen molar-refractivity contribution in [1.29, 1.82) is 0 Å². The standard InChI is InChI=1S/C7H12O3S/c8-5-6(9)11-7-3-1-2-4-10-7/h7-8H,1-5H2. The van der Waals surface area contributed by atoms with Gasteiger partial charge < -0.3 is 9.84 Å². The van der Waals surface area contributed by atoms with E-state index >= 15 is 0 Å². The van der Waals surface area contributed by atoms with Gasteiger partial charge in [-0.2, -0.15) is 0 Å². The van der Waals surface area contributed by atoms with Crippen molar-refractivity contribution in [2.24, 2.45) is 0 Å². The van der Waals surface area contributed by atoms with Crippen LogP contribution in [0.2, 0.25) is 0 Å². The Kier molecular flexibility index (Phi) is 3.90. The van der Waals surface area contributed by atoms with E-state index in [1.165, 1.54) is 0 Å². The second-order valence-electron chi connectivity index (χ2n) is 2.44. The second kappa shape index (κ2) is 4.74. The summed E-state index contributed by atoms with van der Waals surface area (Å²) in [5.74, 6) is 0. The van der Waals surface area contributed by atoms with E-state index in [0.29, 0.717) is 0 Å². The van der Waals surface area contributed by atoms with E-state index in [2.05, 4.69) is 0 Å². The van der Waals surface area contributed by atoms with Gasteiger partial charge in [-0.15, -0.1) is 0 Å². The average Bonchev–Trinajstić information content (AvgIpc) is 2.06. The molecular formula is C7H12O3S. The third-order valence-electron chi connectivity index (χ3n) is 1.53. The van der Waals surface area contributed by atoms with Crippen LogP contribution in [0.5, 0.6) is 0 Å². The number of thioether (sulfide) groups is 1. The maximum atomic E-state index is 10.7. The molecule has 0 aromatic rings. The molecule has 1 saturated heterocycles. The van der Waals surface area contributed by atoms with Gasteiger partial charge in [-0.1, -0.05) is 11.8 Å². The van der Waals surface area contributed by atoms with Gasteiger partial charge in [0, 0.05) is 6.61 Å². The number of carbonyl (C=O) groups is 1. The van der Waals surface area contributed by atoms with Gasteiger partial charge in [0.2, 0.25) is 5.12 Å². The quantitative estimate of drug-likeness (QED) is 0.675. The van der Waals surface area contributed by atoms with Crippen LogP contribution in [0.15, 0.2) is 0 Å². The van der Waals surface area contributed by atoms with Crippen LogP contribution in [0.1, 0.15) is 19.3 Å². The summed E-state index contributed by atoms with van der Waals surface area (Å²) in [6, 6.07) is 0. The fourth-order valence-electron chi connectivity index (χ4n) is 0.988. The van der Waals surface area contributed by atoms with Gasteiger partial charge in [0.05, 0.1) is 0 Å². The van der Waals surface area contributed by atoms with Crippen LogP contribution in [-0.2, 0) is 9.53 Å². The van der Waals surface area contributed by atoms with Crippen LogP contribution in [0.3, 0.4) is 0 Å². The zero-order valence-electron chi connectivity index (χ0n) is 6.28. The van der Waals surface area contributed by atoms with E-state index in [1.54, 1.807) is 0 Å². The summed E-state index contributed by atoms with van der Waals surface area (Å²) in [5.41, 5.74) is -0.0107. The summed E-state index contributed by atoms with van der Waals surface area (Å²) in [4.78, 5) is 10.7. The van der Waals surface area contributed by atoms with Gasteiger partial charge in [0.1, 0.15) is 12.0 Å². The minimum absolute atomic E-state index is 0.0107. The van der Waals surface area contributed by atoms with Crippen molar-refractivity contribution in [3.63, 3.8) is 0 Å². The SMILES string of the molecule is O=C(CO)SC1CCCCO1. The highest BCUT2D eigenvalue weighted by atomic mass is 32.2. The van der Waals surface area contributed by atoms with E-state index in [0.717, 1.165) is 37.6 Å². The molecule has 64 valence electrons. The van der Waals surface area contributed by atoms with E-state index in [1.807, 2.05) is 0 Å². The first-order valence-corrected chi connectivity index (χ1v) is 4.63. The Morgan fingerprint density at radius 3 is 3.00 bits per heavy atom. The molecule has 0 spiro atoms. The van der Waals surface area contributed by atoms with Crippen LogP contribution >= 0.6 is 11.8 Å². The molecule has 1 heterocycles. The summed E-state index contributed by atoms with van der Waals surface area (Å²) in [6.07, 6.45) is 3.14. The molecule has 0 aromatic carbocycles. The molecule has 1 unspecified atom stereocenters. The van der Waals surface area contributed by atoms with Crippen molar-refractivity contribution in [1.82, 2.24) is 0 Å². The third kappa shape index (κ3) is 3.22. The second-order valence-corrected chi connectivity index (χ2v) is 3.66. The van der Waals surface area contributed by atoms with Gasteiger partial charge in [-0.05, 0) is 19.3 Å². The Bertz CT molecular complexity index is 132. The summed E-state index contributed by atoms with van der Waals surface area (Å²) in [5, 5.41) is 8.24. The highest BCUT2D eigenvalue weighted by molar-refractivity contribution is 8.14. The molecule has 1 fully saturated rings. The molecule has 0 radical (unpaired) electrons. The van der Waals surface area contributed by atoms with Gasteiger partial charge in [0.25, 0.3) is 0 Å². The first-order valence-electron chi connectivity index (χ1n) is 3.75. The Morgan fingerprint density at radius 1 is 1.64 bits per heavy atom. The lowest BCUT2D eigenvalue weighted by Gasteiger charge is -2.20. The lowest BCUT2D eigenvalue weighted by molar-refractivity contribution is -0.113. The molecule has 0 aliphatic carbocycles. The molecule has 11 heavy (non-hydrogen) atoms. The van der Waals surface area contributed by atoms with Gasteiger partial charge in [0.15, 0.2) is 0 Å². The zero-order valence-corrected chi connectivity index (χ0v) is 7.10. The highest BCUT2D eigenvalue weighted by Gasteiger charge is 2.17. The maximum absolute atomic E-state index is 10.7. The largest absolute Gasteiger partial charge is 0.388 e. The zero-order chi connectivity index (χ0) is 8.10. The highest BCUT2D eigenvalue weighted by Crippen LogP contribution is 2.23. The topological polar surface area (TPSA) is 46.5 Å². The van der Waals surface area contributed by atoms with E-state index < -0.39 is 0 Å². The summed E-state index contributed by atoms with van der Waals surface area (Å²) >= 11 is 1.11. The number of carbonyl (C=O) groups excluding carboxylic acids is 1. The maximum Gasteiger partial charge on any atom is 0.216 e. The van der Waals surface area contributed by atoms with Gasteiger partial charge >= 0.3 is 0 Å². The Hall–Kier alpha value is -0.0600. The number of rotatable bonds is 2. The lowest BCUT2D eigenvalue weighted by Crippen LogP contribution is -2.18. The van der Waals surface area contributed by atoms with Crippen molar-refractivity contribution in [2.75, 3.05) is 13.2 Å². The van der Waals surface area contributed by atoms with Crippen LogP contribution in [0.25, 0.3) is 0 Å². The van der Waals surface area contributed by atoms with Crippen molar-refractivity contribution in [2.45, 2.75) is 24.7 Å². The number of aliphatic hydroxyl groups excluding tert-OH is 1. The molecule has 0 aromatic heterocycles. The van der Waals surface area contributed by atoms with Crippen molar-refractivity contribution in [3.05, 3.63) is 0 Å². The van der Waals surface area contributed by atoms with Crippen LogP contribution in [0.4, 0.5) is 0 Å². The van der Waals surface area contributed by atoms with Crippen molar-refractivity contribution >= 4 is 16.9 Å². The molecular weight excluding hydrogens is 164 g/mol. The summed E-state index contributed by atoms with van der Waals surface area (Å²) in [6.45, 7) is 0.362. The Balaban J connectivity index is 2.19. The minimum atomic E-state index is -0.384. The molecule has 1 rings (SSSR count). The van der Waals surface area contributed by atoms with Gasteiger partial charge in [-0.3, -0.25) is 4.79 Å². The lowest BCUT2D eigenvalue weighted by atomic mass is 10.2. The summed E-state index contributed by atoms with van der Waals surface area (Å²) < 4.78 is 5.28. The third-order valence-corrected chi connectivity index (χ3v) is 2.56. The van der Waals surface area contributed by atoms with Gasteiger partial charge in [-0.25, -0.2) is 0 Å². The van der Waals surface area contributed by atoms with Crippen LogP contribution in [0, 0.1) is 0 Å². The van der Waals surface area contributed by atoms with E-state index in [-0.39, 0.29) is 17.2 Å². The molecule has 1 aliphatic rings. The molecule has 1 atom stereocenters. The van der Waals surface area contributed by atoms with E-state index in [4.69, 9.17) is 9.84 Å². The van der Waals surface area contributed by atoms with Crippen molar-refractivity contribution < 1.29 is 14.6 Å². The fourth-order valence-corrected chi connectivity index (χ4v) is 1.80. The number of ether oxygens (including phenoxy) is 1. The Morgan fingerprint density at radius 2 is 2.45 bits per heavy atom. The van der Waals surface area contributed by atoms with Crippen molar-refractivity contribution in [3.8, 4) is 0 Å². The number of aliphatic hydroxyl groups is 1. The Labute approximate surface area is 70.1 Å². The average molecular weight is 176 g/mol. The van der Waals surface area contributed by atoms with Crippen LogP contribution < -0.4 is 0 Å². The first kappa shape index (κ1) is 9.03. The molecule has 4 heteroatoms. The molecule has 3 nitrogen and oxygen atoms in total. The predicted octanol–water partition coefficient (Wildman–Crippen LogP) is 0.765. The molecule has 0 amide bonds. The minimum Gasteiger partial charge on any atom is -0.388 e. The number of hydrogen-bond donors (Lipinski definition) is 1. The monoisotopic (exact) mass is 176 g/mol. The molecule has 1 aliphatic heterocycles. The molecule has 1 N–H and O–H groups in total.